The Morgan fingerprint density at radius 3 is 2.71 bits per heavy atom. The first-order valence-electron chi connectivity index (χ1n) is 4.20. The molecule has 4 atom stereocenters. The van der Waals surface area contributed by atoms with Gasteiger partial charge in [0, 0.05) is 4.92 Å². The molecule has 1 saturated heterocycles. The summed E-state index contributed by atoms with van der Waals surface area (Å²) in [6, 6.07) is -1.00. The Morgan fingerprint density at radius 2 is 2.14 bits per heavy atom. The van der Waals surface area contributed by atoms with Crippen molar-refractivity contribution in [2.75, 3.05) is 7.11 Å². The zero-order chi connectivity index (χ0) is 10.3. The molecule has 2 heterocycles. The number of ether oxygens (including phenoxy) is 2. The largest absolute Gasteiger partial charge is 0.469 e. The van der Waals surface area contributed by atoms with E-state index in [9.17, 15) is 14.9 Å². The van der Waals surface area contributed by atoms with E-state index >= 15 is 0 Å². The predicted octanol–water partition coefficient (Wildman–Crippen LogP) is -0.242. The minimum absolute atomic E-state index is 0.476. The molecule has 2 bridgehead atoms. The summed E-state index contributed by atoms with van der Waals surface area (Å²) in [6.45, 7) is 0. The zero-order valence-corrected chi connectivity index (χ0v) is 7.45. The van der Waals surface area contributed by atoms with Crippen molar-refractivity contribution in [2.45, 2.75) is 18.2 Å². The summed E-state index contributed by atoms with van der Waals surface area (Å²) in [6.07, 6.45) is 2.21. The van der Waals surface area contributed by atoms with Crippen molar-refractivity contribution < 1.29 is 19.2 Å². The number of fused-ring (bicyclic) bond motifs is 2. The highest BCUT2D eigenvalue weighted by atomic mass is 16.6. The van der Waals surface area contributed by atoms with E-state index in [0.29, 0.717) is 0 Å². The lowest BCUT2D eigenvalue weighted by Gasteiger charge is -2.15. The van der Waals surface area contributed by atoms with Crippen LogP contribution >= 0.6 is 0 Å². The molecule has 0 aromatic rings. The van der Waals surface area contributed by atoms with E-state index in [2.05, 4.69) is 4.74 Å². The third-order valence-electron chi connectivity index (χ3n) is 2.58. The van der Waals surface area contributed by atoms with Crippen LogP contribution in [0, 0.1) is 16.0 Å². The second-order valence-corrected chi connectivity index (χ2v) is 3.28. The van der Waals surface area contributed by atoms with Crippen molar-refractivity contribution in [3.8, 4) is 0 Å². The van der Waals surface area contributed by atoms with Gasteiger partial charge in [0.1, 0.15) is 6.10 Å². The third-order valence-corrected chi connectivity index (χ3v) is 2.58. The molecule has 2 rings (SSSR count). The molecule has 0 saturated carbocycles. The van der Waals surface area contributed by atoms with Crippen molar-refractivity contribution in [1.82, 2.24) is 0 Å². The lowest BCUT2D eigenvalue weighted by molar-refractivity contribution is -0.530. The first-order chi connectivity index (χ1) is 6.65. The number of nitro groups is 1. The highest BCUT2D eigenvalue weighted by Gasteiger charge is 2.57. The molecular weight excluding hydrogens is 190 g/mol. The van der Waals surface area contributed by atoms with Crippen LogP contribution in [0.25, 0.3) is 0 Å². The molecule has 2 aliphatic heterocycles. The Hall–Kier alpha value is -1.43. The first-order valence-corrected chi connectivity index (χ1v) is 4.20. The molecule has 0 aliphatic carbocycles. The van der Waals surface area contributed by atoms with Crippen LogP contribution in [0.3, 0.4) is 0 Å². The van der Waals surface area contributed by atoms with Gasteiger partial charge in [-0.3, -0.25) is 14.9 Å². The van der Waals surface area contributed by atoms with Crippen LogP contribution in [-0.2, 0) is 14.3 Å². The summed E-state index contributed by atoms with van der Waals surface area (Å²) in [5.41, 5.74) is 0. The van der Waals surface area contributed by atoms with Crippen LogP contribution in [0.15, 0.2) is 12.2 Å². The maximum Gasteiger partial charge on any atom is 0.318 e. The fraction of sp³-hybridized carbons (Fsp3) is 0.625. The van der Waals surface area contributed by atoms with E-state index in [0.717, 1.165) is 0 Å². The van der Waals surface area contributed by atoms with Gasteiger partial charge >= 0.3 is 5.97 Å². The number of methoxy groups -OCH3 is 1. The van der Waals surface area contributed by atoms with Crippen LogP contribution in [0.5, 0.6) is 0 Å². The van der Waals surface area contributed by atoms with Crippen molar-refractivity contribution in [2.24, 2.45) is 5.92 Å². The number of carbonyl (C=O) groups is 1. The highest BCUT2D eigenvalue weighted by molar-refractivity contribution is 5.75. The van der Waals surface area contributed by atoms with E-state index in [1.54, 1.807) is 12.2 Å². The van der Waals surface area contributed by atoms with Gasteiger partial charge in [0.15, 0.2) is 5.92 Å². The van der Waals surface area contributed by atoms with Gasteiger partial charge in [0.25, 0.3) is 6.04 Å². The Balaban J connectivity index is 2.26. The average molecular weight is 199 g/mol. The lowest BCUT2D eigenvalue weighted by Crippen LogP contribution is -2.41. The molecule has 2 aliphatic rings. The molecule has 0 aromatic heterocycles. The van der Waals surface area contributed by atoms with Gasteiger partial charge in [-0.2, -0.15) is 0 Å². The topological polar surface area (TPSA) is 78.7 Å². The van der Waals surface area contributed by atoms with Crippen LogP contribution in [-0.4, -0.2) is 36.3 Å². The SMILES string of the molecule is COC(=O)[C@@H]1[C@@H]([N+](=O)[O-])[C@H]2C=C[C@@H]1O2. The molecule has 76 valence electrons. The van der Waals surface area contributed by atoms with Gasteiger partial charge < -0.3 is 9.47 Å². The maximum atomic E-state index is 11.3. The fourth-order valence-electron chi connectivity index (χ4n) is 1.95. The van der Waals surface area contributed by atoms with Gasteiger partial charge in [-0.05, 0) is 0 Å². The quantitative estimate of drug-likeness (QED) is 0.265. The summed E-state index contributed by atoms with van der Waals surface area (Å²) in [5.74, 6) is -1.38. The fourth-order valence-corrected chi connectivity index (χ4v) is 1.95. The average Bonchev–Trinajstić information content (AvgIpc) is 2.74. The lowest BCUT2D eigenvalue weighted by atomic mass is 9.89. The van der Waals surface area contributed by atoms with Crippen LogP contribution in [0.1, 0.15) is 0 Å². The van der Waals surface area contributed by atoms with Crippen LogP contribution < -0.4 is 0 Å². The molecular formula is C8H9NO5. The Kier molecular flexibility index (Phi) is 1.99. The minimum atomic E-state index is -1.00. The minimum Gasteiger partial charge on any atom is -0.469 e. The van der Waals surface area contributed by atoms with Gasteiger partial charge in [-0.1, -0.05) is 12.2 Å². The molecule has 6 nitrogen and oxygen atoms in total. The summed E-state index contributed by atoms with van der Waals surface area (Å²) in [4.78, 5) is 21.5. The molecule has 0 amide bonds. The predicted molar refractivity (Wildman–Crippen MR) is 44.1 cm³/mol. The van der Waals surface area contributed by atoms with E-state index in [-0.39, 0.29) is 0 Å². The molecule has 0 spiro atoms. The van der Waals surface area contributed by atoms with E-state index < -0.39 is 35.1 Å². The third kappa shape index (κ3) is 1.11. The monoisotopic (exact) mass is 199 g/mol. The van der Waals surface area contributed by atoms with E-state index in [1.807, 2.05) is 0 Å². The molecule has 1 fully saturated rings. The number of rotatable bonds is 2. The molecule has 6 heteroatoms. The van der Waals surface area contributed by atoms with Crippen LogP contribution in [0.4, 0.5) is 0 Å². The smallest absolute Gasteiger partial charge is 0.318 e. The van der Waals surface area contributed by atoms with Crippen molar-refractivity contribution >= 4 is 5.97 Å². The molecule has 0 N–H and O–H groups in total. The van der Waals surface area contributed by atoms with Gasteiger partial charge in [-0.25, -0.2) is 0 Å². The highest BCUT2D eigenvalue weighted by Crippen LogP contribution is 2.36. The van der Waals surface area contributed by atoms with Crippen molar-refractivity contribution in [1.29, 1.82) is 0 Å². The number of nitrogens with zero attached hydrogens (tertiary/aromatic N) is 1. The van der Waals surface area contributed by atoms with Crippen LogP contribution in [0.2, 0.25) is 0 Å². The summed E-state index contributed by atoms with van der Waals surface area (Å²) in [7, 11) is 1.22. The number of hydrogen-bond donors (Lipinski definition) is 0. The maximum absolute atomic E-state index is 11.3. The van der Waals surface area contributed by atoms with Crippen molar-refractivity contribution in [3.05, 3.63) is 22.3 Å². The Labute approximate surface area is 79.6 Å². The molecule has 0 radical (unpaired) electrons. The van der Waals surface area contributed by atoms with E-state index in [4.69, 9.17) is 4.74 Å². The van der Waals surface area contributed by atoms with Gasteiger partial charge in [0.2, 0.25) is 0 Å². The standard InChI is InChI=1S/C8H9NO5/c1-13-8(10)6-4-2-3-5(14-4)7(6)9(11)12/h2-7H,1H3/t4-,5+,6-,7-/m0/s1. The Bertz CT molecular complexity index is 313. The zero-order valence-electron chi connectivity index (χ0n) is 7.45. The van der Waals surface area contributed by atoms with Crippen molar-refractivity contribution in [3.63, 3.8) is 0 Å². The number of carbonyl (C=O) groups excluding carboxylic acids is 1. The second-order valence-electron chi connectivity index (χ2n) is 3.28. The number of hydrogen-bond acceptors (Lipinski definition) is 5. The first kappa shape index (κ1) is 9.14. The molecule has 14 heavy (non-hydrogen) atoms. The summed E-state index contributed by atoms with van der Waals surface area (Å²) >= 11 is 0. The normalized spacial score (nSPS) is 38.6. The summed E-state index contributed by atoms with van der Waals surface area (Å²) in [5, 5.41) is 10.7. The number of esters is 1. The Morgan fingerprint density at radius 1 is 1.50 bits per heavy atom. The second kappa shape index (κ2) is 3.06. The summed E-state index contributed by atoms with van der Waals surface area (Å²) < 4.78 is 9.74. The van der Waals surface area contributed by atoms with Gasteiger partial charge in [-0.15, -0.1) is 0 Å². The van der Waals surface area contributed by atoms with E-state index in [1.165, 1.54) is 7.11 Å². The molecule has 0 unspecified atom stereocenters. The van der Waals surface area contributed by atoms with Gasteiger partial charge in [0.05, 0.1) is 13.2 Å². The molecule has 0 aromatic carbocycles.